The Morgan fingerprint density at radius 3 is 2.74 bits per heavy atom. The molecule has 0 spiro atoms. The van der Waals surface area contributed by atoms with Crippen molar-refractivity contribution in [2.24, 2.45) is 0 Å². The van der Waals surface area contributed by atoms with Crippen molar-refractivity contribution < 1.29 is 17.7 Å². The van der Waals surface area contributed by atoms with E-state index in [4.69, 9.17) is 0 Å². The second kappa shape index (κ2) is 7.02. The number of hydrogen-bond acceptors (Lipinski definition) is 6. The van der Waals surface area contributed by atoms with Gasteiger partial charge in [0, 0.05) is 20.1 Å². The van der Waals surface area contributed by atoms with Gasteiger partial charge in [0.05, 0.1) is 11.0 Å². The van der Waals surface area contributed by atoms with E-state index in [0.29, 0.717) is 0 Å². The van der Waals surface area contributed by atoms with Gasteiger partial charge < -0.3 is 5.32 Å². The molecule has 1 heterocycles. The quantitative estimate of drug-likeness (QED) is 0.606. The third kappa shape index (κ3) is 4.03. The normalized spacial score (nSPS) is 11.6. The molecule has 2 aromatic rings. The summed E-state index contributed by atoms with van der Waals surface area (Å²) in [5.74, 6) is -0.709. The largest absolute Gasteiger partial charge is 0.378 e. The van der Waals surface area contributed by atoms with Crippen LogP contribution in [0.2, 0.25) is 0 Å². The van der Waals surface area contributed by atoms with E-state index in [1.54, 1.807) is 11.4 Å². The van der Waals surface area contributed by atoms with Crippen LogP contribution in [-0.2, 0) is 10.0 Å². The standard InChI is InChI=1S/C13H14FN3O4S2/c1-16(23(20,21)13-3-2-8-22-13)7-6-15-11-5-4-10(14)9-12(11)17(18)19/h2-5,8-9,15H,6-7H2,1H3. The van der Waals surface area contributed by atoms with Crippen LogP contribution in [0, 0.1) is 15.9 Å². The van der Waals surface area contributed by atoms with Crippen LogP contribution in [0.5, 0.6) is 0 Å². The molecule has 0 radical (unpaired) electrons. The number of likely N-dealkylation sites (N-methyl/N-ethyl adjacent to an activating group) is 1. The summed E-state index contributed by atoms with van der Waals surface area (Å²) in [6, 6.07) is 6.32. The van der Waals surface area contributed by atoms with Crippen LogP contribution in [0.3, 0.4) is 0 Å². The number of nitrogens with one attached hydrogen (secondary N) is 1. The first-order chi connectivity index (χ1) is 10.8. The molecule has 0 fully saturated rings. The summed E-state index contributed by atoms with van der Waals surface area (Å²) >= 11 is 1.11. The second-order valence-corrected chi connectivity index (χ2v) is 7.82. The smallest absolute Gasteiger partial charge is 0.295 e. The Labute approximate surface area is 136 Å². The zero-order chi connectivity index (χ0) is 17.0. The molecule has 0 bridgehead atoms. The van der Waals surface area contributed by atoms with Gasteiger partial charge in [0.2, 0.25) is 0 Å². The highest BCUT2D eigenvalue weighted by molar-refractivity contribution is 7.91. The van der Waals surface area contributed by atoms with Gasteiger partial charge in [0.25, 0.3) is 15.7 Å². The van der Waals surface area contributed by atoms with E-state index in [1.165, 1.54) is 19.2 Å². The second-order valence-electron chi connectivity index (χ2n) is 4.60. The van der Waals surface area contributed by atoms with Gasteiger partial charge >= 0.3 is 0 Å². The van der Waals surface area contributed by atoms with E-state index in [1.807, 2.05) is 0 Å². The molecular weight excluding hydrogens is 345 g/mol. The molecule has 7 nitrogen and oxygen atoms in total. The fourth-order valence-electron chi connectivity index (χ4n) is 1.84. The van der Waals surface area contributed by atoms with Crippen molar-refractivity contribution in [3.63, 3.8) is 0 Å². The molecule has 0 amide bonds. The lowest BCUT2D eigenvalue weighted by Crippen LogP contribution is -2.31. The van der Waals surface area contributed by atoms with Gasteiger partial charge in [-0.1, -0.05) is 6.07 Å². The Balaban J connectivity index is 2.02. The van der Waals surface area contributed by atoms with E-state index in [-0.39, 0.29) is 23.0 Å². The number of benzene rings is 1. The molecule has 0 aliphatic rings. The topological polar surface area (TPSA) is 92.5 Å². The highest BCUT2D eigenvalue weighted by atomic mass is 32.2. The number of sulfonamides is 1. The first-order valence-corrected chi connectivity index (χ1v) is 8.82. The van der Waals surface area contributed by atoms with Crippen molar-refractivity contribution in [3.05, 3.63) is 51.6 Å². The number of hydrogen-bond donors (Lipinski definition) is 1. The van der Waals surface area contributed by atoms with E-state index < -0.39 is 26.5 Å². The number of halogens is 1. The predicted octanol–water partition coefficient (Wildman–Crippen LogP) is 2.53. The van der Waals surface area contributed by atoms with Gasteiger partial charge in [0.15, 0.2) is 0 Å². The molecule has 1 N–H and O–H groups in total. The third-order valence-electron chi connectivity index (χ3n) is 3.06. The fourth-order valence-corrected chi connectivity index (χ4v) is 4.21. The minimum atomic E-state index is -3.57. The minimum Gasteiger partial charge on any atom is -0.378 e. The average Bonchev–Trinajstić information content (AvgIpc) is 3.03. The lowest BCUT2D eigenvalue weighted by atomic mass is 10.2. The van der Waals surface area contributed by atoms with Crippen LogP contribution in [0.25, 0.3) is 0 Å². The number of anilines is 1. The average molecular weight is 359 g/mol. The zero-order valence-corrected chi connectivity index (χ0v) is 13.7. The van der Waals surface area contributed by atoms with E-state index >= 15 is 0 Å². The Morgan fingerprint density at radius 2 is 2.13 bits per heavy atom. The molecule has 23 heavy (non-hydrogen) atoms. The fraction of sp³-hybridized carbons (Fsp3) is 0.231. The van der Waals surface area contributed by atoms with Crippen molar-refractivity contribution in [2.75, 3.05) is 25.5 Å². The van der Waals surface area contributed by atoms with Crippen LogP contribution in [0.15, 0.2) is 39.9 Å². The van der Waals surface area contributed by atoms with E-state index in [9.17, 15) is 22.9 Å². The first kappa shape index (κ1) is 17.3. The Morgan fingerprint density at radius 1 is 1.39 bits per heavy atom. The van der Waals surface area contributed by atoms with Crippen molar-refractivity contribution in [2.45, 2.75) is 4.21 Å². The first-order valence-electron chi connectivity index (χ1n) is 6.50. The van der Waals surface area contributed by atoms with Crippen molar-refractivity contribution in [1.29, 1.82) is 0 Å². The summed E-state index contributed by atoms with van der Waals surface area (Å²) < 4.78 is 38.8. The molecule has 0 saturated carbocycles. The monoisotopic (exact) mass is 359 g/mol. The molecule has 124 valence electrons. The maximum atomic E-state index is 13.1. The maximum Gasteiger partial charge on any atom is 0.295 e. The van der Waals surface area contributed by atoms with Gasteiger partial charge in [-0.25, -0.2) is 12.8 Å². The van der Waals surface area contributed by atoms with Crippen LogP contribution < -0.4 is 5.32 Å². The molecule has 0 aliphatic heterocycles. The molecule has 1 aromatic carbocycles. The van der Waals surface area contributed by atoms with Crippen LogP contribution in [0.1, 0.15) is 0 Å². The highest BCUT2D eigenvalue weighted by Crippen LogP contribution is 2.25. The summed E-state index contributed by atoms with van der Waals surface area (Å²) in [7, 11) is -2.14. The molecule has 0 atom stereocenters. The molecular formula is C13H14FN3O4S2. The van der Waals surface area contributed by atoms with Crippen LogP contribution >= 0.6 is 11.3 Å². The summed E-state index contributed by atoms with van der Waals surface area (Å²) in [5, 5.41) is 15.3. The molecule has 1 aromatic heterocycles. The summed E-state index contributed by atoms with van der Waals surface area (Å²) in [6.07, 6.45) is 0. The van der Waals surface area contributed by atoms with Gasteiger partial charge in [-0.2, -0.15) is 4.31 Å². The van der Waals surface area contributed by atoms with Crippen molar-refractivity contribution in [1.82, 2.24) is 4.31 Å². The summed E-state index contributed by atoms with van der Waals surface area (Å²) in [5.41, 5.74) is -0.257. The number of rotatable bonds is 7. The molecule has 10 heteroatoms. The third-order valence-corrected chi connectivity index (χ3v) is 6.29. The lowest BCUT2D eigenvalue weighted by molar-refractivity contribution is -0.384. The Hall–Kier alpha value is -2.04. The zero-order valence-electron chi connectivity index (χ0n) is 12.1. The van der Waals surface area contributed by atoms with E-state index in [0.717, 1.165) is 27.8 Å². The van der Waals surface area contributed by atoms with Crippen LogP contribution in [-0.4, -0.2) is 37.8 Å². The maximum absolute atomic E-state index is 13.1. The van der Waals surface area contributed by atoms with Gasteiger partial charge in [-0.3, -0.25) is 10.1 Å². The van der Waals surface area contributed by atoms with E-state index in [2.05, 4.69) is 5.32 Å². The Kier molecular flexibility index (Phi) is 5.29. The van der Waals surface area contributed by atoms with Gasteiger partial charge in [0.1, 0.15) is 15.7 Å². The molecule has 2 rings (SSSR count). The summed E-state index contributed by atoms with van der Waals surface area (Å²) in [4.78, 5) is 10.2. The lowest BCUT2D eigenvalue weighted by Gasteiger charge is -2.16. The number of thiophene rings is 1. The predicted molar refractivity (Wildman–Crippen MR) is 85.7 cm³/mol. The van der Waals surface area contributed by atoms with Gasteiger partial charge in [-0.05, 0) is 23.6 Å². The van der Waals surface area contributed by atoms with Crippen molar-refractivity contribution >= 4 is 32.7 Å². The minimum absolute atomic E-state index is 0.106. The number of nitro groups is 1. The summed E-state index contributed by atoms with van der Waals surface area (Å²) in [6.45, 7) is 0.252. The van der Waals surface area contributed by atoms with Crippen LogP contribution in [0.4, 0.5) is 15.8 Å². The van der Waals surface area contributed by atoms with Crippen molar-refractivity contribution in [3.8, 4) is 0 Å². The Bertz CT molecular complexity index is 794. The highest BCUT2D eigenvalue weighted by Gasteiger charge is 2.21. The SMILES string of the molecule is CN(CCNc1ccc(F)cc1[N+](=O)[O-])S(=O)(=O)c1cccs1. The number of nitrogens with zero attached hydrogens (tertiary/aromatic N) is 2. The molecule has 0 unspecified atom stereocenters. The molecule has 0 saturated heterocycles. The van der Waals surface area contributed by atoms with Gasteiger partial charge in [-0.15, -0.1) is 11.3 Å². The molecule has 0 aliphatic carbocycles. The number of nitro benzene ring substituents is 1.